The number of amides is 1. The minimum absolute atomic E-state index is 0.0125. The van der Waals surface area contributed by atoms with Crippen molar-refractivity contribution in [2.24, 2.45) is 0 Å². The van der Waals surface area contributed by atoms with Crippen LogP contribution in [0.25, 0.3) is 11.0 Å². The zero-order chi connectivity index (χ0) is 20.1. The van der Waals surface area contributed by atoms with E-state index in [1.165, 1.54) is 0 Å². The first-order valence-electron chi connectivity index (χ1n) is 8.98. The molecule has 0 fully saturated rings. The van der Waals surface area contributed by atoms with E-state index in [9.17, 15) is 9.59 Å². The van der Waals surface area contributed by atoms with Crippen molar-refractivity contribution in [2.75, 3.05) is 11.6 Å². The zero-order valence-electron chi connectivity index (χ0n) is 16.1. The minimum atomic E-state index is -0.896. The molecule has 1 N–H and O–H groups in total. The lowest BCUT2D eigenvalue weighted by molar-refractivity contribution is -0.153. The van der Waals surface area contributed by atoms with Crippen molar-refractivity contribution in [1.82, 2.24) is 9.55 Å². The van der Waals surface area contributed by atoms with Crippen LogP contribution in [0.15, 0.2) is 48.5 Å². The number of thioether (sulfide) groups is 1. The summed E-state index contributed by atoms with van der Waals surface area (Å²) in [6.07, 6.45) is 1.09. The number of rotatable bonds is 7. The molecule has 0 radical (unpaired) electrons. The molecule has 0 saturated heterocycles. The lowest BCUT2D eigenvalue weighted by atomic mass is 10.2. The molecule has 6 nitrogen and oxygen atoms in total. The Hall–Kier alpha value is -2.80. The molecule has 0 unspecified atom stereocenters. The van der Waals surface area contributed by atoms with Gasteiger partial charge in [-0.25, -0.2) is 4.98 Å². The number of para-hydroxylation sites is 2. The topological polar surface area (TPSA) is 73.2 Å². The fraction of sp³-hybridized carbons (Fsp3) is 0.286. The number of benzene rings is 2. The highest BCUT2D eigenvalue weighted by Crippen LogP contribution is 2.19. The van der Waals surface area contributed by atoms with Gasteiger partial charge in [0.2, 0.25) is 0 Å². The second-order valence-corrected chi connectivity index (χ2v) is 7.39. The quantitative estimate of drug-likeness (QED) is 0.614. The van der Waals surface area contributed by atoms with Gasteiger partial charge >= 0.3 is 5.97 Å². The summed E-state index contributed by atoms with van der Waals surface area (Å²) in [7, 11) is 0. The van der Waals surface area contributed by atoms with Crippen molar-refractivity contribution in [2.45, 2.75) is 32.2 Å². The standard InChI is InChI=1S/C21H23N3O3S/c1-14-8-10-16(11-9-14)22-21(26)15(2)27-20(25)12-24-18-7-5-4-6-17(18)23-19(24)13-28-3/h4-11,15H,12-13H2,1-3H3,(H,22,26)/t15-/m0/s1. The molecular formula is C21H23N3O3S. The second-order valence-electron chi connectivity index (χ2n) is 6.52. The molecule has 0 saturated carbocycles. The summed E-state index contributed by atoms with van der Waals surface area (Å²) in [6.45, 7) is 3.55. The van der Waals surface area contributed by atoms with Gasteiger partial charge in [-0.15, -0.1) is 0 Å². The summed E-state index contributed by atoms with van der Waals surface area (Å²) < 4.78 is 7.20. The molecule has 0 aliphatic carbocycles. The van der Waals surface area contributed by atoms with E-state index in [0.29, 0.717) is 11.4 Å². The van der Waals surface area contributed by atoms with Crippen LogP contribution in [0.4, 0.5) is 5.69 Å². The van der Waals surface area contributed by atoms with Gasteiger partial charge in [0.1, 0.15) is 12.4 Å². The number of nitrogens with zero attached hydrogens (tertiary/aromatic N) is 2. The fourth-order valence-corrected chi connectivity index (χ4v) is 3.32. The molecule has 1 heterocycles. The Labute approximate surface area is 168 Å². The number of esters is 1. The Morgan fingerprint density at radius 1 is 1.18 bits per heavy atom. The Balaban J connectivity index is 1.66. The lowest BCUT2D eigenvalue weighted by Gasteiger charge is -2.15. The summed E-state index contributed by atoms with van der Waals surface area (Å²) in [6, 6.07) is 15.1. The number of aryl methyl sites for hydroxylation is 1. The smallest absolute Gasteiger partial charge is 0.326 e. The number of hydrogen-bond donors (Lipinski definition) is 1. The molecule has 2 aromatic carbocycles. The molecular weight excluding hydrogens is 374 g/mol. The largest absolute Gasteiger partial charge is 0.451 e. The average Bonchev–Trinajstić information content (AvgIpc) is 3.01. The number of carbonyl (C=O) groups excluding carboxylic acids is 2. The van der Waals surface area contributed by atoms with Gasteiger partial charge in [-0.3, -0.25) is 9.59 Å². The van der Waals surface area contributed by atoms with Gasteiger partial charge in [0, 0.05) is 5.69 Å². The molecule has 7 heteroatoms. The highest BCUT2D eigenvalue weighted by molar-refractivity contribution is 7.97. The van der Waals surface area contributed by atoms with Crippen molar-refractivity contribution >= 4 is 40.4 Å². The Morgan fingerprint density at radius 3 is 2.61 bits per heavy atom. The van der Waals surface area contributed by atoms with E-state index in [4.69, 9.17) is 4.74 Å². The minimum Gasteiger partial charge on any atom is -0.451 e. The molecule has 146 valence electrons. The normalized spacial score (nSPS) is 12.0. The number of carbonyl (C=O) groups is 2. The molecule has 1 amide bonds. The molecule has 0 aliphatic heterocycles. The van der Waals surface area contributed by atoms with E-state index in [0.717, 1.165) is 22.4 Å². The van der Waals surface area contributed by atoms with Crippen molar-refractivity contribution in [3.63, 3.8) is 0 Å². The third-order valence-corrected chi connectivity index (χ3v) is 4.84. The Bertz CT molecular complexity index is 982. The third-order valence-electron chi connectivity index (χ3n) is 4.29. The van der Waals surface area contributed by atoms with Gasteiger partial charge in [0.05, 0.1) is 16.8 Å². The van der Waals surface area contributed by atoms with Crippen LogP contribution in [0.5, 0.6) is 0 Å². The van der Waals surface area contributed by atoms with Crippen LogP contribution in [0.3, 0.4) is 0 Å². The maximum atomic E-state index is 12.5. The molecule has 1 aromatic heterocycles. The third kappa shape index (κ3) is 4.72. The lowest BCUT2D eigenvalue weighted by Crippen LogP contribution is -2.31. The number of nitrogens with one attached hydrogen (secondary N) is 1. The number of fused-ring (bicyclic) bond motifs is 1. The van der Waals surface area contributed by atoms with Crippen LogP contribution < -0.4 is 5.32 Å². The second kappa shape index (κ2) is 8.93. The maximum Gasteiger partial charge on any atom is 0.326 e. The highest BCUT2D eigenvalue weighted by atomic mass is 32.2. The number of ether oxygens (including phenoxy) is 1. The van der Waals surface area contributed by atoms with Crippen LogP contribution in [0, 0.1) is 6.92 Å². The Morgan fingerprint density at radius 2 is 1.89 bits per heavy atom. The van der Waals surface area contributed by atoms with Crippen LogP contribution in [0.2, 0.25) is 0 Å². The van der Waals surface area contributed by atoms with E-state index in [1.807, 2.05) is 66.3 Å². The number of hydrogen-bond acceptors (Lipinski definition) is 5. The van der Waals surface area contributed by atoms with Crippen LogP contribution in [-0.2, 0) is 26.6 Å². The summed E-state index contributed by atoms with van der Waals surface area (Å²) >= 11 is 1.63. The van der Waals surface area contributed by atoms with Gasteiger partial charge in [-0.1, -0.05) is 29.8 Å². The number of anilines is 1. The summed E-state index contributed by atoms with van der Waals surface area (Å²) in [4.78, 5) is 29.4. The van der Waals surface area contributed by atoms with Crippen LogP contribution in [-0.4, -0.2) is 33.8 Å². The van der Waals surface area contributed by atoms with Gasteiger partial charge in [-0.2, -0.15) is 11.8 Å². The average molecular weight is 398 g/mol. The zero-order valence-corrected chi connectivity index (χ0v) is 17.0. The molecule has 3 rings (SSSR count). The van der Waals surface area contributed by atoms with Gasteiger partial charge in [0.15, 0.2) is 6.10 Å². The Kier molecular flexibility index (Phi) is 6.36. The van der Waals surface area contributed by atoms with Crippen LogP contribution in [0.1, 0.15) is 18.3 Å². The molecule has 0 aliphatic rings. The molecule has 3 aromatic rings. The molecule has 28 heavy (non-hydrogen) atoms. The number of aromatic nitrogens is 2. The maximum absolute atomic E-state index is 12.5. The summed E-state index contributed by atoms with van der Waals surface area (Å²) in [5.41, 5.74) is 3.48. The SMILES string of the molecule is CSCc1nc2ccccc2n1CC(=O)O[C@@H](C)C(=O)Nc1ccc(C)cc1. The first-order valence-corrected chi connectivity index (χ1v) is 10.4. The monoisotopic (exact) mass is 397 g/mol. The summed E-state index contributed by atoms with van der Waals surface area (Å²) in [5.74, 6) is 0.655. The predicted molar refractivity (Wildman–Crippen MR) is 112 cm³/mol. The molecule has 0 bridgehead atoms. The van der Waals surface area contributed by atoms with E-state index in [1.54, 1.807) is 18.7 Å². The predicted octanol–water partition coefficient (Wildman–Crippen LogP) is 3.78. The first kappa shape index (κ1) is 19.9. The van der Waals surface area contributed by atoms with E-state index in [2.05, 4.69) is 10.3 Å². The van der Waals surface area contributed by atoms with Gasteiger partial charge < -0.3 is 14.6 Å². The van der Waals surface area contributed by atoms with Crippen molar-refractivity contribution in [3.05, 3.63) is 59.9 Å². The highest BCUT2D eigenvalue weighted by Gasteiger charge is 2.20. The van der Waals surface area contributed by atoms with E-state index >= 15 is 0 Å². The molecule has 0 spiro atoms. The fourth-order valence-electron chi connectivity index (χ4n) is 2.84. The summed E-state index contributed by atoms with van der Waals surface area (Å²) in [5, 5.41) is 2.76. The number of imidazole rings is 1. The van der Waals surface area contributed by atoms with E-state index < -0.39 is 12.1 Å². The van der Waals surface area contributed by atoms with Gasteiger partial charge in [0.25, 0.3) is 5.91 Å². The van der Waals surface area contributed by atoms with Crippen molar-refractivity contribution in [1.29, 1.82) is 0 Å². The van der Waals surface area contributed by atoms with Crippen LogP contribution >= 0.6 is 11.8 Å². The molecule has 1 atom stereocenters. The van der Waals surface area contributed by atoms with Crippen molar-refractivity contribution < 1.29 is 14.3 Å². The first-order chi connectivity index (χ1) is 13.5. The van der Waals surface area contributed by atoms with Gasteiger partial charge in [-0.05, 0) is 44.4 Å². The van der Waals surface area contributed by atoms with E-state index in [-0.39, 0.29) is 12.5 Å². The van der Waals surface area contributed by atoms with Crippen molar-refractivity contribution in [3.8, 4) is 0 Å².